The highest BCUT2D eigenvalue weighted by molar-refractivity contribution is 8.17. The first-order chi connectivity index (χ1) is 5.22. The first-order valence-corrected chi connectivity index (χ1v) is 4.74. The van der Waals surface area contributed by atoms with E-state index in [0.717, 1.165) is 0 Å². The number of nitrogens with zero attached hydrogens (tertiary/aromatic N) is 1. The zero-order valence-corrected chi connectivity index (χ0v) is 7.44. The van der Waals surface area contributed by atoms with Crippen LogP contribution in [0.1, 0.15) is 0 Å². The van der Waals surface area contributed by atoms with Gasteiger partial charge in [-0.2, -0.15) is 0 Å². The summed E-state index contributed by atoms with van der Waals surface area (Å²) in [6.45, 7) is 6.79. The zero-order chi connectivity index (χ0) is 8.69. The average molecular weight is 190 g/mol. The molecule has 0 amide bonds. The molecule has 60 valence electrons. The normalized spacial score (nSPS) is 14.9. The summed E-state index contributed by atoms with van der Waals surface area (Å²) in [6.07, 6.45) is 5.72. The Morgan fingerprint density at radius 3 is 2.55 bits per heavy atom. The molecule has 0 spiro atoms. The molecule has 0 aromatic rings. The summed E-state index contributed by atoms with van der Waals surface area (Å²) in [6, 6.07) is 0. The van der Waals surface area contributed by atoms with Gasteiger partial charge in [-0.1, -0.05) is 19.2 Å². The van der Waals surface area contributed by atoms with Gasteiger partial charge in [0.1, 0.15) is 10.4 Å². The van der Waals surface area contributed by atoms with E-state index >= 15 is 0 Å². The fourth-order valence-electron chi connectivity index (χ4n) is 0.380. The Labute approximate surface area is 73.7 Å². The van der Waals surface area contributed by atoms with Crippen LogP contribution in [0.25, 0.3) is 0 Å². The molecule has 4 heteroatoms. The van der Waals surface area contributed by atoms with Crippen LogP contribution in [0, 0.1) is 0 Å². The molecular formula is C7H8ClNOS. The molecule has 0 aromatic carbocycles. The highest BCUT2D eigenvalue weighted by Crippen LogP contribution is 2.09. The zero-order valence-electron chi connectivity index (χ0n) is 5.87. The van der Waals surface area contributed by atoms with E-state index in [4.69, 9.17) is 10.7 Å². The molecular weight excluding hydrogens is 182 g/mol. The molecule has 0 N–H and O–H groups in total. The molecule has 1 unspecified atom stereocenters. The van der Waals surface area contributed by atoms with Crippen molar-refractivity contribution in [1.29, 1.82) is 0 Å². The maximum absolute atomic E-state index is 10.7. The molecule has 0 heterocycles. The lowest BCUT2D eigenvalue weighted by molar-refractivity contribution is 0.615. The molecule has 0 aliphatic carbocycles. The number of halogens is 1. The molecule has 0 aliphatic heterocycles. The quantitative estimate of drug-likeness (QED) is 0.379. The second-order valence-corrected chi connectivity index (χ2v) is 3.25. The molecule has 0 bridgehead atoms. The van der Waals surface area contributed by atoms with Gasteiger partial charge in [0.2, 0.25) is 0 Å². The van der Waals surface area contributed by atoms with Crippen LogP contribution in [-0.2, 0) is 10.4 Å². The molecule has 1 atom stereocenters. The van der Waals surface area contributed by atoms with Crippen molar-refractivity contribution in [1.82, 2.24) is 0 Å². The SMILES string of the molecule is C=C/C=C(\C=N\C=C)[S+]([O-])Cl. The van der Waals surface area contributed by atoms with Crippen LogP contribution >= 0.6 is 10.7 Å². The maximum Gasteiger partial charge on any atom is 0.191 e. The molecule has 0 aliphatic rings. The van der Waals surface area contributed by atoms with E-state index in [1.165, 1.54) is 24.6 Å². The Hall–Kier alpha value is -0.510. The summed E-state index contributed by atoms with van der Waals surface area (Å²) in [5, 5.41) is 0. The molecule has 0 fully saturated rings. The minimum atomic E-state index is -1.54. The Morgan fingerprint density at radius 1 is 1.55 bits per heavy atom. The third kappa shape index (κ3) is 4.84. The summed E-state index contributed by atoms with van der Waals surface area (Å²) in [4.78, 5) is 4.06. The summed E-state index contributed by atoms with van der Waals surface area (Å²) < 4.78 is 10.7. The highest BCUT2D eigenvalue weighted by Gasteiger charge is 2.07. The molecule has 2 nitrogen and oxygen atoms in total. The van der Waals surface area contributed by atoms with Crippen LogP contribution in [0.15, 0.2) is 41.4 Å². The van der Waals surface area contributed by atoms with Crippen LogP contribution in [0.3, 0.4) is 0 Å². The van der Waals surface area contributed by atoms with E-state index in [0.29, 0.717) is 4.91 Å². The molecule has 0 rings (SSSR count). The topological polar surface area (TPSA) is 35.4 Å². The fourth-order valence-corrected chi connectivity index (χ4v) is 1.00. The van der Waals surface area contributed by atoms with Crippen LogP contribution in [0.4, 0.5) is 0 Å². The predicted molar refractivity (Wildman–Crippen MR) is 51.0 cm³/mol. The standard InChI is InChI=1S/C7H8ClNOS/c1-3-5-7(11(8)10)6-9-4-2/h3-6H,1-2H2/b7-5+,9-6+. The van der Waals surface area contributed by atoms with Gasteiger partial charge < -0.3 is 4.55 Å². The number of hydrogen-bond acceptors (Lipinski definition) is 2. The van der Waals surface area contributed by atoms with Crippen molar-refractivity contribution in [3.8, 4) is 0 Å². The van der Waals surface area contributed by atoms with E-state index < -0.39 is 10.4 Å². The van der Waals surface area contributed by atoms with E-state index in [9.17, 15) is 4.55 Å². The molecule has 0 radical (unpaired) electrons. The second-order valence-electron chi connectivity index (χ2n) is 1.49. The van der Waals surface area contributed by atoms with Gasteiger partial charge in [0.05, 0.1) is 6.21 Å². The summed E-state index contributed by atoms with van der Waals surface area (Å²) >= 11 is 0. The fraction of sp³-hybridized carbons (Fsp3) is 0. The summed E-state index contributed by atoms with van der Waals surface area (Å²) in [7, 11) is 3.75. The first-order valence-electron chi connectivity index (χ1n) is 2.77. The number of allylic oxidation sites excluding steroid dienone is 3. The van der Waals surface area contributed by atoms with Crippen molar-refractivity contribution in [3.05, 3.63) is 36.4 Å². The number of aliphatic imine (C=N–C) groups is 1. The van der Waals surface area contributed by atoms with Gasteiger partial charge in [0.15, 0.2) is 15.6 Å². The number of hydrogen-bond donors (Lipinski definition) is 0. The molecule has 0 saturated carbocycles. The van der Waals surface area contributed by atoms with Gasteiger partial charge >= 0.3 is 0 Å². The Kier molecular flexibility index (Phi) is 5.93. The predicted octanol–water partition coefficient (Wildman–Crippen LogP) is 2.17. The van der Waals surface area contributed by atoms with Crippen molar-refractivity contribution in [2.75, 3.05) is 0 Å². The average Bonchev–Trinajstić information content (AvgIpc) is 1.97. The van der Waals surface area contributed by atoms with Gasteiger partial charge in [0, 0.05) is 6.20 Å². The van der Waals surface area contributed by atoms with Crippen LogP contribution in [0.5, 0.6) is 0 Å². The first kappa shape index (κ1) is 10.5. The van der Waals surface area contributed by atoms with Crippen LogP contribution in [-0.4, -0.2) is 10.8 Å². The van der Waals surface area contributed by atoms with E-state index in [1.54, 1.807) is 0 Å². The van der Waals surface area contributed by atoms with E-state index in [1.807, 2.05) is 0 Å². The summed E-state index contributed by atoms with van der Waals surface area (Å²) in [5.74, 6) is 0. The van der Waals surface area contributed by atoms with Crippen LogP contribution < -0.4 is 0 Å². The van der Waals surface area contributed by atoms with Crippen molar-refractivity contribution >= 4 is 27.3 Å². The van der Waals surface area contributed by atoms with E-state index in [2.05, 4.69) is 18.2 Å². The molecule has 0 saturated heterocycles. The minimum absolute atomic E-state index is 0.404. The third-order valence-electron chi connectivity index (χ3n) is 0.775. The highest BCUT2D eigenvalue weighted by atomic mass is 35.7. The monoisotopic (exact) mass is 189 g/mol. The van der Waals surface area contributed by atoms with Crippen molar-refractivity contribution in [2.24, 2.45) is 4.99 Å². The second kappa shape index (κ2) is 6.22. The van der Waals surface area contributed by atoms with Crippen molar-refractivity contribution in [3.63, 3.8) is 0 Å². The van der Waals surface area contributed by atoms with Gasteiger partial charge in [-0.3, -0.25) is 4.99 Å². The Balaban J connectivity index is 4.34. The largest absolute Gasteiger partial charge is 0.594 e. The van der Waals surface area contributed by atoms with Gasteiger partial charge in [0.25, 0.3) is 0 Å². The smallest absolute Gasteiger partial charge is 0.191 e. The third-order valence-corrected chi connectivity index (χ3v) is 1.92. The van der Waals surface area contributed by atoms with E-state index in [-0.39, 0.29) is 0 Å². The Morgan fingerprint density at radius 2 is 2.18 bits per heavy atom. The lowest BCUT2D eigenvalue weighted by Gasteiger charge is -1.96. The Bertz CT molecular complexity index is 199. The maximum atomic E-state index is 10.7. The lowest BCUT2D eigenvalue weighted by atomic mass is 10.5. The lowest BCUT2D eigenvalue weighted by Crippen LogP contribution is -1.95. The van der Waals surface area contributed by atoms with Gasteiger partial charge in [-0.25, -0.2) is 0 Å². The number of rotatable bonds is 4. The van der Waals surface area contributed by atoms with Crippen LogP contribution in [0.2, 0.25) is 0 Å². The van der Waals surface area contributed by atoms with Gasteiger partial charge in [-0.15, -0.1) is 0 Å². The minimum Gasteiger partial charge on any atom is -0.594 e. The van der Waals surface area contributed by atoms with Gasteiger partial charge in [-0.05, 0) is 6.08 Å². The van der Waals surface area contributed by atoms with Crippen molar-refractivity contribution < 1.29 is 4.55 Å². The van der Waals surface area contributed by atoms with Crippen molar-refractivity contribution in [2.45, 2.75) is 0 Å². The summed E-state index contributed by atoms with van der Waals surface area (Å²) in [5.41, 5.74) is 0. The molecule has 11 heavy (non-hydrogen) atoms. The molecule has 0 aromatic heterocycles.